The van der Waals surface area contributed by atoms with E-state index in [9.17, 15) is 9.59 Å². The molecule has 0 saturated carbocycles. The van der Waals surface area contributed by atoms with Crippen LogP contribution in [0.2, 0.25) is 0 Å². The first-order valence-corrected chi connectivity index (χ1v) is 8.17. The van der Waals surface area contributed by atoms with E-state index in [1.54, 1.807) is 0 Å². The fourth-order valence-electron chi connectivity index (χ4n) is 2.74. The summed E-state index contributed by atoms with van der Waals surface area (Å²) < 4.78 is 5.52. The van der Waals surface area contributed by atoms with Crippen LogP contribution < -0.4 is 0 Å². The van der Waals surface area contributed by atoms with Crippen molar-refractivity contribution in [2.75, 3.05) is 0 Å². The summed E-state index contributed by atoms with van der Waals surface area (Å²) in [6.45, 7) is 4.02. The molecular weight excluding hydrogens is 276 g/mol. The molecule has 0 N–H and O–H groups in total. The Morgan fingerprint density at radius 2 is 1.91 bits per heavy atom. The van der Waals surface area contributed by atoms with E-state index >= 15 is 0 Å². The number of ketones is 1. The van der Waals surface area contributed by atoms with Gasteiger partial charge in [0, 0.05) is 18.8 Å². The summed E-state index contributed by atoms with van der Waals surface area (Å²) in [5.74, 6) is 0.281. The zero-order valence-corrected chi connectivity index (χ0v) is 13.4. The van der Waals surface area contributed by atoms with Gasteiger partial charge in [-0.2, -0.15) is 0 Å². The van der Waals surface area contributed by atoms with Gasteiger partial charge in [0.05, 0.1) is 5.57 Å². The average molecular weight is 300 g/mol. The number of benzene rings is 1. The zero-order valence-electron chi connectivity index (χ0n) is 13.4. The fourth-order valence-corrected chi connectivity index (χ4v) is 2.74. The number of hydrogen-bond donors (Lipinski definition) is 0. The molecule has 0 spiro atoms. The van der Waals surface area contributed by atoms with E-state index in [0.717, 1.165) is 31.2 Å². The van der Waals surface area contributed by atoms with Gasteiger partial charge in [-0.3, -0.25) is 9.59 Å². The van der Waals surface area contributed by atoms with Gasteiger partial charge in [-0.05, 0) is 12.0 Å². The molecule has 0 fully saturated rings. The molecule has 22 heavy (non-hydrogen) atoms. The number of Topliss-reactive ketones (excluding diaryl/α,β-unsaturated/α-hetero) is 1. The largest absolute Gasteiger partial charge is 0.430 e. The second kappa shape index (κ2) is 7.92. The van der Waals surface area contributed by atoms with Crippen LogP contribution in [0, 0.1) is 5.92 Å². The standard InChI is InChI=1S/C19H24O3/c1-3-4-5-9-12-17(20)22-16-13-14(2)19(21)18(16)15-10-7-6-8-11-15/h6-8,10-11,14H,3-5,9,12-13H2,1-2H3. The number of allylic oxidation sites excluding steroid dienone is 2. The van der Waals surface area contributed by atoms with Crippen molar-refractivity contribution in [3.63, 3.8) is 0 Å². The molecule has 3 nitrogen and oxygen atoms in total. The highest BCUT2D eigenvalue weighted by Gasteiger charge is 2.33. The monoisotopic (exact) mass is 300 g/mol. The van der Waals surface area contributed by atoms with Gasteiger partial charge in [-0.1, -0.05) is 63.4 Å². The maximum absolute atomic E-state index is 12.3. The average Bonchev–Trinajstić information content (AvgIpc) is 2.79. The molecule has 1 aromatic carbocycles. The Bertz CT molecular complexity index is 557. The Morgan fingerprint density at radius 1 is 1.18 bits per heavy atom. The van der Waals surface area contributed by atoms with Gasteiger partial charge in [0.25, 0.3) is 0 Å². The lowest BCUT2D eigenvalue weighted by Crippen LogP contribution is -2.05. The van der Waals surface area contributed by atoms with Crippen LogP contribution in [0.15, 0.2) is 36.1 Å². The summed E-state index contributed by atoms with van der Waals surface area (Å²) in [6, 6.07) is 9.47. The minimum Gasteiger partial charge on any atom is -0.430 e. The van der Waals surface area contributed by atoms with Gasteiger partial charge < -0.3 is 4.74 Å². The quantitative estimate of drug-likeness (QED) is 0.549. The lowest BCUT2D eigenvalue weighted by Gasteiger charge is -2.08. The first-order chi connectivity index (χ1) is 10.6. The molecule has 1 aromatic rings. The van der Waals surface area contributed by atoms with Crippen LogP contribution in [0.25, 0.3) is 5.57 Å². The first-order valence-electron chi connectivity index (χ1n) is 8.17. The van der Waals surface area contributed by atoms with Gasteiger partial charge in [-0.25, -0.2) is 0 Å². The third kappa shape index (κ3) is 4.06. The van der Waals surface area contributed by atoms with E-state index in [-0.39, 0.29) is 17.7 Å². The van der Waals surface area contributed by atoms with Gasteiger partial charge in [0.1, 0.15) is 5.76 Å². The summed E-state index contributed by atoms with van der Waals surface area (Å²) in [5.41, 5.74) is 1.42. The predicted octanol–water partition coefficient (Wildman–Crippen LogP) is 4.52. The molecule has 0 saturated heterocycles. The number of hydrogen-bond acceptors (Lipinski definition) is 3. The Hall–Kier alpha value is -1.90. The molecular formula is C19H24O3. The molecule has 0 heterocycles. The number of esters is 1. The van der Waals surface area contributed by atoms with Crippen molar-refractivity contribution in [2.24, 2.45) is 5.92 Å². The summed E-state index contributed by atoms with van der Waals surface area (Å²) in [5, 5.41) is 0. The van der Waals surface area contributed by atoms with Crippen LogP contribution in [0.3, 0.4) is 0 Å². The third-order valence-electron chi connectivity index (χ3n) is 4.00. The normalized spacial score (nSPS) is 17.9. The molecule has 2 rings (SSSR count). The van der Waals surface area contributed by atoms with Crippen LogP contribution in [0.1, 0.15) is 57.9 Å². The van der Waals surface area contributed by atoms with Gasteiger partial charge in [0.2, 0.25) is 0 Å². The van der Waals surface area contributed by atoms with E-state index in [0.29, 0.717) is 24.2 Å². The highest BCUT2D eigenvalue weighted by atomic mass is 16.5. The third-order valence-corrected chi connectivity index (χ3v) is 4.00. The van der Waals surface area contributed by atoms with Crippen LogP contribution in [-0.2, 0) is 14.3 Å². The van der Waals surface area contributed by atoms with E-state index < -0.39 is 0 Å². The topological polar surface area (TPSA) is 43.4 Å². The summed E-state index contributed by atoms with van der Waals surface area (Å²) >= 11 is 0. The summed E-state index contributed by atoms with van der Waals surface area (Å²) in [6.07, 6.45) is 5.12. The summed E-state index contributed by atoms with van der Waals surface area (Å²) in [4.78, 5) is 24.3. The van der Waals surface area contributed by atoms with Crippen molar-refractivity contribution in [1.29, 1.82) is 0 Å². The van der Waals surface area contributed by atoms with Crippen LogP contribution in [-0.4, -0.2) is 11.8 Å². The molecule has 1 aliphatic carbocycles. The second-order valence-electron chi connectivity index (χ2n) is 5.92. The highest BCUT2D eigenvalue weighted by Crippen LogP contribution is 2.35. The molecule has 0 amide bonds. The minimum absolute atomic E-state index is 0.0694. The molecule has 0 bridgehead atoms. The van der Waals surface area contributed by atoms with Gasteiger partial charge in [-0.15, -0.1) is 0 Å². The lowest BCUT2D eigenvalue weighted by atomic mass is 10.0. The van der Waals surface area contributed by atoms with E-state index in [1.807, 2.05) is 37.3 Å². The smallest absolute Gasteiger partial charge is 0.310 e. The summed E-state index contributed by atoms with van der Waals surface area (Å²) in [7, 11) is 0. The number of rotatable bonds is 7. The maximum Gasteiger partial charge on any atom is 0.310 e. The Labute approximate surface area is 132 Å². The molecule has 3 heteroatoms. The fraction of sp³-hybridized carbons (Fsp3) is 0.474. The van der Waals surface area contributed by atoms with Crippen LogP contribution >= 0.6 is 0 Å². The van der Waals surface area contributed by atoms with E-state index in [2.05, 4.69) is 6.92 Å². The molecule has 1 aliphatic rings. The van der Waals surface area contributed by atoms with Gasteiger partial charge >= 0.3 is 5.97 Å². The SMILES string of the molecule is CCCCCCC(=O)OC1=C(c2ccccc2)C(=O)C(C)C1. The Balaban J connectivity index is 2.07. The second-order valence-corrected chi connectivity index (χ2v) is 5.92. The van der Waals surface area contributed by atoms with Crippen molar-refractivity contribution in [3.8, 4) is 0 Å². The predicted molar refractivity (Wildman–Crippen MR) is 87.0 cm³/mol. The zero-order chi connectivity index (χ0) is 15.9. The molecule has 1 atom stereocenters. The minimum atomic E-state index is -0.221. The molecule has 1 unspecified atom stereocenters. The first kappa shape index (κ1) is 16.5. The van der Waals surface area contributed by atoms with E-state index in [1.165, 1.54) is 0 Å². The van der Waals surface area contributed by atoms with Crippen molar-refractivity contribution < 1.29 is 14.3 Å². The van der Waals surface area contributed by atoms with E-state index in [4.69, 9.17) is 4.74 Å². The molecule has 0 aliphatic heterocycles. The molecule has 0 aromatic heterocycles. The van der Waals surface area contributed by atoms with Crippen molar-refractivity contribution in [3.05, 3.63) is 41.7 Å². The Kier molecular flexibility index (Phi) is 5.93. The van der Waals surface area contributed by atoms with Crippen molar-refractivity contribution in [2.45, 2.75) is 52.4 Å². The Morgan fingerprint density at radius 3 is 2.59 bits per heavy atom. The lowest BCUT2D eigenvalue weighted by molar-refractivity contribution is -0.139. The van der Waals surface area contributed by atoms with Gasteiger partial charge in [0.15, 0.2) is 5.78 Å². The number of carbonyl (C=O) groups is 2. The number of unbranched alkanes of at least 4 members (excludes halogenated alkanes) is 3. The maximum atomic E-state index is 12.3. The highest BCUT2D eigenvalue weighted by molar-refractivity contribution is 6.24. The van der Waals surface area contributed by atoms with Crippen molar-refractivity contribution >= 4 is 17.3 Å². The molecule has 0 radical (unpaired) electrons. The van der Waals surface area contributed by atoms with Crippen molar-refractivity contribution in [1.82, 2.24) is 0 Å². The number of carbonyl (C=O) groups excluding carboxylic acids is 2. The van der Waals surface area contributed by atoms with Crippen LogP contribution in [0.5, 0.6) is 0 Å². The number of ether oxygens (including phenoxy) is 1. The van der Waals surface area contributed by atoms with Crippen LogP contribution in [0.4, 0.5) is 0 Å². The molecule has 118 valence electrons.